The van der Waals surface area contributed by atoms with E-state index in [2.05, 4.69) is 20.2 Å². The zero-order valence-electron chi connectivity index (χ0n) is 22.0. The zero-order valence-corrected chi connectivity index (χ0v) is 22.7. The maximum absolute atomic E-state index is 13.1. The lowest BCUT2D eigenvalue weighted by molar-refractivity contribution is -0.126. The van der Waals surface area contributed by atoms with Crippen molar-refractivity contribution in [3.63, 3.8) is 0 Å². The minimum atomic E-state index is -0.534. The summed E-state index contributed by atoms with van der Waals surface area (Å²) >= 11 is 6.13. The first-order chi connectivity index (χ1) is 18.2. The van der Waals surface area contributed by atoms with Gasteiger partial charge in [-0.05, 0) is 64.3 Å². The number of nitrogens with zero attached hydrogens (tertiary/aromatic N) is 5. The van der Waals surface area contributed by atoms with Gasteiger partial charge in [-0.25, -0.2) is 14.8 Å². The number of halogens is 1. The molecule has 0 spiro atoms. The number of likely N-dealkylation sites (tertiary alicyclic amines) is 1. The van der Waals surface area contributed by atoms with E-state index in [0.717, 1.165) is 60.2 Å². The Labute approximate surface area is 227 Å². The number of ether oxygens (including phenoxy) is 1. The molecule has 3 aromatic heterocycles. The van der Waals surface area contributed by atoms with Gasteiger partial charge < -0.3 is 19.9 Å². The third kappa shape index (κ3) is 5.99. The second-order valence-electron chi connectivity index (χ2n) is 11.0. The van der Waals surface area contributed by atoms with Crippen LogP contribution in [0.25, 0.3) is 22.0 Å². The maximum Gasteiger partial charge on any atom is 0.410 e. The molecule has 1 N–H and O–H groups in total. The lowest BCUT2D eigenvalue weighted by Crippen LogP contribution is -2.45. The highest BCUT2D eigenvalue weighted by atomic mass is 35.5. The van der Waals surface area contributed by atoms with Crippen molar-refractivity contribution in [2.24, 2.45) is 5.92 Å². The van der Waals surface area contributed by atoms with Crippen molar-refractivity contribution in [2.45, 2.75) is 51.7 Å². The van der Waals surface area contributed by atoms with E-state index in [1.54, 1.807) is 23.4 Å². The van der Waals surface area contributed by atoms with Gasteiger partial charge in [0, 0.05) is 73.1 Å². The SMILES string of the molecule is CC(C)(C)OC(=O)N1CC[C@H](NC(=O)C2CCN(c3nc(-c4ccnc(Cl)c4)cc4cnccc34)CC2)C1. The summed E-state index contributed by atoms with van der Waals surface area (Å²) in [6.45, 7) is 8.07. The Balaban J connectivity index is 1.23. The molecule has 0 bridgehead atoms. The number of hydrogen-bond acceptors (Lipinski definition) is 7. The van der Waals surface area contributed by atoms with Crippen LogP contribution in [0.15, 0.2) is 42.9 Å². The first-order valence-corrected chi connectivity index (χ1v) is 13.4. The number of nitrogens with one attached hydrogen (secondary N) is 1. The molecule has 10 heteroatoms. The van der Waals surface area contributed by atoms with Gasteiger partial charge in [-0.3, -0.25) is 9.78 Å². The molecule has 2 aliphatic heterocycles. The summed E-state index contributed by atoms with van der Waals surface area (Å²) in [4.78, 5) is 42.7. The number of hydrogen-bond donors (Lipinski definition) is 1. The zero-order chi connectivity index (χ0) is 26.9. The summed E-state index contributed by atoms with van der Waals surface area (Å²) in [6.07, 6.45) is 7.16. The fourth-order valence-corrected chi connectivity index (χ4v) is 5.25. The number of carbonyl (C=O) groups excluding carboxylic acids is 2. The second-order valence-corrected chi connectivity index (χ2v) is 11.4. The Bertz CT molecular complexity index is 1340. The smallest absolute Gasteiger partial charge is 0.410 e. The molecule has 3 aromatic rings. The number of carbonyl (C=O) groups is 2. The average molecular weight is 537 g/mol. The van der Waals surface area contributed by atoms with Crippen LogP contribution in [-0.2, 0) is 9.53 Å². The number of piperidine rings is 1. The van der Waals surface area contributed by atoms with Crippen LogP contribution in [0, 0.1) is 5.92 Å². The standard InChI is InChI=1S/C28H33ClN6O3/c1-28(2,3)38-27(37)35-13-8-21(17-35)32-26(36)18-6-11-34(12-7-18)25-22-5-9-30-16-20(22)14-23(33-25)19-4-10-31-24(29)15-19/h4-5,9-10,14-16,18,21H,6-8,11-13,17H2,1-3H3,(H,32,36)/t21-/m0/s1. The molecule has 9 nitrogen and oxygen atoms in total. The number of amides is 2. The Morgan fingerprint density at radius 1 is 1.08 bits per heavy atom. The van der Waals surface area contributed by atoms with Gasteiger partial charge in [0.05, 0.1) is 5.69 Å². The summed E-state index contributed by atoms with van der Waals surface area (Å²) in [6, 6.07) is 7.65. The molecule has 5 heterocycles. The monoisotopic (exact) mass is 536 g/mol. The number of aromatic nitrogens is 3. The van der Waals surface area contributed by atoms with E-state index in [4.69, 9.17) is 21.3 Å². The van der Waals surface area contributed by atoms with Gasteiger partial charge in [-0.1, -0.05) is 11.6 Å². The van der Waals surface area contributed by atoms with Crippen molar-refractivity contribution in [1.82, 2.24) is 25.2 Å². The van der Waals surface area contributed by atoms with Crippen LogP contribution in [0.4, 0.5) is 10.6 Å². The number of fused-ring (bicyclic) bond motifs is 1. The van der Waals surface area contributed by atoms with Gasteiger partial charge in [-0.15, -0.1) is 0 Å². The van der Waals surface area contributed by atoms with Crippen LogP contribution in [0.5, 0.6) is 0 Å². The summed E-state index contributed by atoms with van der Waals surface area (Å²) < 4.78 is 5.47. The topological polar surface area (TPSA) is 101 Å². The van der Waals surface area contributed by atoms with E-state index in [1.165, 1.54) is 0 Å². The summed E-state index contributed by atoms with van der Waals surface area (Å²) in [7, 11) is 0. The highest BCUT2D eigenvalue weighted by molar-refractivity contribution is 6.29. The molecule has 5 rings (SSSR count). The van der Waals surface area contributed by atoms with Crippen molar-refractivity contribution >= 4 is 40.2 Å². The Kier molecular flexibility index (Phi) is 7.38. The van der Waals surface area contributed by atoms with Crippen molar-refractivity contribution in [3.8, 4) is 11.3 Å². The Morgan fingerprint density at radius 3 is 2.61 bits per heavy atom. The third-order valence-corrected chi connectivity index (χ3v) is 7.19. The van der Waals surface area contributed by atoms with Gasteiger partial charge in [0.25, 0.3) is 0 Å². The molecule has 2 fully saturated rings. The first-order valence-electron chi connectivity index (χ1n) is 13.1. The average Bonchev–Trinajstić information content (AvgIpc) is 3.36. The van der Waals surface area contributed by atoms with Crippen molar-refractivity contribution < 1.29 is 14.3 Å². The fourth-order valence-electron chi connectivity index (χ4n) is 5.07. The predicted molar refractivity (Wildman–Crippen MR) is 147 cm³/mol. The van der Waals surface area contributed by atoms with Crippen molar-refractivity contribution in [2.75, 3.05) is 31.1 Å². The number of rotatable bonds is 4. The third-order valence-electron chi connectivity index (χ3n) is 6.99. The van der Waals surface area contributed by atoms with E-state index in [9.17, 15) is 9.59 Å². The molecule has 2 amide bonds. The molecule has 0 aliphatic carbocycles. The lowest BCUT2D eigenvalue weighted by Gasteiger charge is -2.33. The largest absolute Gasteiger partial charge is 0.444 e. The van der Waals surface area contributed by atoms with E-state index in [-0.39, 0.29) is 24.0 Å². The minimum absolute atomic E-state index is 0.0463. The Morgan fingerprint density at radius 2 is 1.87 bits per heavy atom. The lowest BCUT2D eigenvalue weighted by atomic mass is 9.95. The molecule has 38 heavy (non-hydrogen) atoms. The second kappa shape index (κ2) is 10.7. The van der Waals surface area contributed by atoms with E-state index < -0.39 is 5.60 Å². The summed E-state index contributed by atoms with van der Waals surface area (Å²) in [5.41, 5.74) is 1.16. The van der Waals surface area contributed by atoms with Crippen molar-refractivity contribution in [3.05, 3.63) is 48.0 Å². The highest BCUT2D eigenvalue weighted by Crippen LogP contribution is 2.32. The molecule has 0 unspecified atom stereocenters. The van der Waals surface area contributed by atoms with Gasteiger partial charge >= 0.3 is 6.09 Å². The highest BCUT2D eigenvalue weighted by Gasteiger charge is 2.33. The van der Waals surface area contributed by atoms with Gasteiger partial charge in [0.1, 0.15) is 16.6 Å². The van der Waals surface area contributed by atoms with Crippen molar-refractivity contribution in [1.29, 1.82) is 0 Å². The predicted octanol–water partition coefficient (Wildman–Crippen LogP) is 4.69. The van der Waals surface area contributed by atoms with Gasteiger partial charge in [-0.2, -0.15) is 0 Å². The van der Waals surface area contributed by atoms with E-state index >= 15 is 0 Å². The molecular weight excluding hydrogens is 504 g/mol. The number of anilines is 1. The molecule has 1 atom stereocenters. The van der Waals surface area contributed by atoms with Crippen LogP contribution in [-0.4, -0.2) is 69.7 Å². The Hall–Kier alpha value is -3.46. The normalized spacial score (nSPS) is 18.6. The van der Waals surface area contributed by atoms with Crippen LogP contribution >= 0.6 is 11.6 Å². The quantitative estimate of drug-likeness (QED) is 0.483. The van der Waals surface area contributed by atoms with Gasteiger partial charge in [0.15, 0.2) is 0 Å². The molecule has 2 aliphatic rings. The van der Waals surface area contributed by atoms with E-state index in [0.29, 0.717) is 18.2 Å². The molecule has 0 saturated carbocycles. The molecule has 0 radical (unpaired) electrons. The summed E-state index contributed by atoms with van der Waals surface area (Å²) in [5, 5.41) is 5.61. The minimum Gasteiger partial charge on any atom is -0.444 e. The first kappa shape index (κ1) is 26.2. The van der Waals surface area contributed by atoms with Crippen LogP contribution < -0.4 is 10.2 Å². The molecular formula is C28H33ClN6O3. The van der Waals surface area contributed by atoms with E-state index in [1.807, 2.05) is 45.2 Å². The molecule has 200 valence electrons. The maximum atomic E-state index is 13.1. The molecule has 0 aromatic carbocycles. The molecule has 2 saturated heterocycles. The van der Waals surface area contributed by atoms with Crippen LogP contribution in [0.1, 0.15) is 40.0 Å². The summed E-state index contributed by atoms with van der Waals surface area (Å²) in [5.74, 6) is 0.871. The fraction of sp³-hybridized carbons (Fsp3) is 0.464. The van der Waals surface area contributed by atoms with Crippen LogP contribution in [0.2, 0.25) is 5.15 Å². The number of pyridine rings is 3. The van der Waals surface area contributed by atoms with Gasteiger partial charge in [0.2, 0.25) is 5.91 Å². The van der Waals surface area contributed by atoms with Crippen LogP contribution in [0.3, 0.4) is 0 Å².